The van der Waals surface area contributed by atoms with Gasteiger partial charge in [0.1, 0.15) is 0 Å². The molecular formula is C14H21NO3S. The molecule has 1 aromatic heterocycles. The summed E-state index contributed by atoms with van der Waals surface area (Å²) in [5, 5.41) is 5.55. The average molecular weight is 283 g/mol. The third-order valence-corrected chi connectivity index (χ3v) is 4.46. The summed E-state index contributed by atoms with van der Waals surface area (Å²) in [7, 11) is 1.44. The maximum atomic E-state index is 11.5. The summed E-state index contributed by atoms with van der Waals surface area (Å²) < 4.78 is 10.1. The Morgan fingerprint density at radius 3 is 3.00 bits per heavy atom. The second kappa shape index (κ2) is 7.62. The summed E-state index contributed by atoms with van der Waals surface area (Å²) in [5.74, 6) is 0.478. The van der Waals surface area contributed by atoms with Gasteiger partial charge in [-0.1, -0.05) is 6.07 Å². The largest absolute Gasteiger partial charge is 0.469 e. The van der Waals surface area contributed by atoms with Crippen LogP contribution in [0.3, 0.4) is 0 Å². The molecule has 1 N–H and O–H groups in total. The Bertz CT molecular complexity index is 374. The zero-order chi connectivity index (χ0) is 13.5. The van der Waals surface area contributed by atoms with E-state index in [1.54, 1.807) is 11.3 Å². The van der Waals surface area contributed by atoms with Crippen molar-refractivity contribution in [3.63, 3.8) is 0 Å². The molecule has 1 aliphatic rings. The molecule has 0 spiro atoms. The highest BCUT2D eigenvalue weighted by molar-refractivity contribution is 7.10. The van der Waals surface area contributed by atoms with Crippen molar-refractivity contribution >= 4 is 17.3 Å². The summed E-state index contributed by atoms with van der Waals surface area (Å²) in [5.41, 5.74) is 0. The minimum Gasteiger partial charge on any atom is -0.469 e. The van der Waals surface area contributed by atoms with E-state index in [4.69, 9.17) is 9.47 Å². The number of methoxy groups -OCH3 is 1. The molecule has 0 aliphatic carbocycles. The van der Waals surface area contributed by atoms with Crippen LogP contribution in [0.25, 0.3) is 0 Å². The monoisotopic (exact) mass is 283 g/mol. The lowest BCUT2D eigenvalue weighted by Crippen LogP contribution is -2.31. The van der Waals surface area contributed by atoms with Crippen LogP contribution in [0.1, 0.15) is 30.2 Å². The molecule has 1 fully saturated rings. The van der Waals surface area contributed by atoms with Crippen LogP contribution in [0.2, 0.25) is 0 Å². The lowest BCUT2D eigenvalue weighted by Gasteiger charge is -2.25. The number of hydrogen-bond donors (Lipinski definition) is 1. The Kier molecular flexibility index (Phi) is 5.82. The van der Waals surface area contributed by atoms with Crippen LogP contribution in [0.15, 0.2) is 17.5 Å². The van der Waals surface area contributed by atoms with Crippen molar-refractivity contribution in [2.45, 2.75) is 25.3 Å². The Morgan fingerprint density at radius 1 is 1.58 bits per heavy atom. The van der Waals surface area contributed by atoms with Gasteiger partial charge >= 0.3 is 5.97 Å². The van der Waals surface area contributed by atoms with Gasteiger partial charge in [0.2, 0.25) is 0 Å². The second-order valence-corrected chi connectivity index (χ2v) is 5.79. The molecule has 0 aromatic carbocycles. The van der Waals surface area contributed by atoms with Gasteiger partial charge in [0.05, 0.1) is 19.6 Å². The zero-order valence-corrected chi connectivity index (χ0v) is 12.1. The molecule has 0 amide bonds. The fraction of sp³-hybridized carbons (Fsp3) is 0.643. The van der Waals surface area contributed by atoms with E-state index in [1.807, 2.05) is 11.4 Å². The minimum absolute atomic E-state index is 0.0651. The van der Waals surface area contributed by atoms with Crippen LogP contribution in [0, 0.1) is 5.92 Å². The van der Waals surface area contributed by atoms with Crippen LogP contribution in [0.5, 0.6) is 0 Å². The summed E-state index contributed by atoms with van der Waals surface area (Å²) >= 11 is 1.68. The molecule has 19 heavy (non-hydrogen) atoms. The van der Waals surface area contributed by atoms with E-state index in [2.05, 4.69) is 11.4 Å². The first-order valence-electron chi connectivity index (χ1n) is 6.71. The van der Waals surface area contributed by atoms with E-state index in [1.165, 1.54) is 12.0 Å². The average Bonchev–Trinajstić information content (AvgIpc) is 2.98. The molecule has 1 unspecified atom stereocenters. The van der Waals surface area contributed by atoms with Crippen LogP contribution >= 0.6 is 11.3 Å². The van der Waals surface area contributed by atoms with Gasteiger partial charge in [0, 0.05) is 18.1 Å². The molecule has 2 rings (SSSR count). The first-order valence-corrected chi connectivity index (χ1v) is 7.59. The van der Waals surface area contributed by atoms with E-state index in [9.17, 15) is 4.79 Å². The molecule has 106 valence electrons. The van der Waals surface area contributed by atoms with Crippen LogP contribution < -0.4 is 5.32 Å². The lowest BCUT2D eigenvalue weighted by molar-refractivity contribution is -0.141. The summed E-state index contributed by atoms with van der Waals surface area (Å²) in [6.07, 6.45) is 2.59. The molecule has 0 saturated carbocycles. The van der Waals surface area contributed by atoms with Crippen molar-refractivity contribution in [1.82, 2.24) is 5.32 Å². The standard InChI is InChI=1S/C14H21NO3S/c1-17-14(16)9-12(13-3-2-8-19-13)15-10-11-4-6-18-7-5-11/h2-3,8,11-12,15H,4-7,9-10H2,1H3. The van der Waals surface area contributed by atoms with Crippen molar-refractivity contribution in [1.29, 1.82) is 0 Å². The fourth-order valence-electron chi connectivity index (χ4n) is 2.27. The Balaban J connectivity index is 1.87. The second-order valence-electron chi connectivity index (χ2n) is 4.81. The van der Waals surface area contributed by atoms with E-state index in [0.717, 1.165) is 32.6 Å². The molecule has 0 radical (unpaired) electrons. The van der Waals surface area contributed by atoms with Crippen molar-refractivity contribution in [3.05, 3.63) is 22.4 Å². The van der Waals surface area contributed by atoms with Gasteiger partial charge in [-0.3, -0.25) is 4.79 Å². The molecule has 0 bridgehead atoms. The van der Waals surface area contributed by atoms with E-state index >= 15 is 0 Å². The smallest absolute Gasteiger partial charge is 0.307 e. The summed E-state index contributed by atoms with van der Waals surface area (Å²) in [4.78, 5) is 12.7. The first-order chi connectivity index (χ1) is 9.29. The highest BCUT2D eigenvalue weighted by Crippen LogP contribution is 2.23. The molecule has 1 aromatic rings. The van der Waals surface area contributed by atoms with Crippen molar-refractivity contribution in [2.75, 3.05) is 26.9 Å². The van der Waals surface area contributed by atoms with Gasteiger partial charge in [0.15, 0.2) is 0 Å². The van der Waals surface area contributed by atoms with Gasteiger partial charge < -0.3 is 14.8 Å². The van der Waals surface area contributed by atoms with Gasteiger partial charge in [-0.05, 0) is 36.8 Å². The van der Waals surface area contributed by atoms with Crippen LogP contribution in [0.4, 0.5) is 0 Å². The number of ether oxygens (including phenoxy) is 2. The maximum Gasteiger partial charge on any atom is 0.307 e. The van der Waals surface area contributed by atoms with Gasteiger partial charge in [0.25, 0.3) is 0 Å². The van der Waals surface area contributed by atoms with Gasteiger partial charge in [-0.15, -0.1) is 11.3 Å². The topological polar surface area (TPSA) is 47.6 Å². The van der Waals surface area contributed by atoms with Crippen molar-refractivity contribution in [3.8, 4) is 0 Å². The number of esters is 1. The lowest BCUT2D eigenvalue weighted by atomic mass is 9.99. The normalized spacial score (nSPS) is 18.2. The molecule has 4 nitrogen and oxygen atoms in total. The molecule has 5 heteroatoms. The molecule has 1 atom stereocenters. The zero-order valence-electron chi connectivity index (χ0n) is 11.3. The van der Waals surface area contributed by atoms with Gasteiger partial charge in [-0.25, -0.2) is 0 Å². The summed E-state index contributed by atoms with van der Waals surface area (Å²) in [6, 6.07) is 4.14. The Morgan fingerprint density at radius 2 is 2.37 bits per heavy atom. The van der Waals surface area contributed by atoms with E-state index in [0.29, 0.717) is 12.3 Å². The molecule has 1 saturated heterocycles. The third kappa shape index (κ3) is 4.60. The maximum absolute atomic E-state index is 11.5. The molecule has 1 aliphatic heterocycles. The van der Waals surface area contributed by atoms with E-state index < -0.39 is 0 Å². The fourth-order valence-corrected chi connectivity index (χ4v) is 3.07. The van der Waals surface area contributed by atoms with Crippen LogP contribution in [-0.2, 0) is 14.3 Å². The number of thiophene rings is 1. The SMILES string of the molecule is COC(=O)CC(NCC1CCOCC1)c1cccs1. The number of carbonyl (C=O) groups excluding carboxylic acids is 1. The number of rotatable bonds is 6. The van der Waals surface area contributed by atoms with Crippen LogP contribution in [-0.4, -0.2) is 32.8 Å². The minimum atomic E-state index is -0.169. The Hall–Kier alpha value is -0.910. The molecule has 2 heterocycles. The third-order valence-electron chi connectivity index (χ3n) is 3.48. The predicted molar refractivity (Wildman–Crippen MR) is 75.2 cm³/mol. The quantitative estimate of drug-likeness (QED) is 0.814. The molecular weight excluding hydrogens is 262 g/mol. The number of hydrogen-bond acceptors (Lipinski definition) is 5. The first kappa shape index (κ1) is 14.5. The van der Waals surface area contributed by atoms with Crippen molar-refractivity contribution in [2.24, 2.45) is 5.92 Å². The number of nitrogens with one attached hydrogen (secondary N) is 1. The number of carbonyl (C=O) groups is 1. The highest BCUT2D eigenvalue weighted by Gasteiger charge is 2.20. The summed E-state index contributed by atoms with van der Waals surface area (Å²) in [6.45, 7) is 2.64. The van der Waals surface area contributed by atoms with Gasteiger partial charge in [-0.2, -0.15) is 0 Å². The highest BCUT2D eigenvalue weighted by atomic mass is 32.1. The van der Waals surface area contributed by atoms with E-state index in [-0.39, 0.29) is 12.0 Å². The van der Waals surface area contributed by atoms with Crippen molar-refractivity contribution < 1.29 is 14.3 Å². The predicted octanol–water partition coefficient (Wildman–Crippen LogP) is 2.37. The Labute approximate surface area is 118 Å².